The molecule has 21 heteroatoms. The van der Waals surface area contributed by atoms with E-state index in [0.29, 0.717) is 23.4 Å². The Balaban J connectivity index is 0.893. The van der Waals surface area contributed by atoms with Gasteiger partial charge in [-0.25, -0.2) is 14.8 Å². The highest BCUT2D eigenvalue weighted by atomic mass is 16.5. The molecule has 58 heavy (non-hydrogen) atoms. The molecule has 1 saturated heterocycles. The number of ether oxygens (including phenoxy) is 1. The van der Waals surface area contributed by atoms with Crippen LogP contribution >= 0.6 is 0 Å². The number of imide groups is 2. The van der Waals surface area contributed by atoms with Gasteiger partial charge in [0, 0.05) is 49.9 Å². The van der Waals surface area contributed by atoms with Gasteiger partial charge in [0.05, 0.1) is 42.8 Å². The Morgan fingerprint density at radius 2 is 1.78 bits per heavy atom. The zero-order chi connectivity index (χ0) is 41.5. The van der Waals surface area contributed by atoms with Crippen molar-refractivity contribution in [1.82, 2.24) is 40.8 Å². The van der Waals surface area contributed by atoms with Crippen LogP contribution in [0.5, 0.6) is 0 Å². The van der Waals surface area contributed by atoms with E-state index in [1.54, 1.807) is 42.6 Å². The Bertz CT molecular complexity index is 2290. The van der Waals surface area contributed by atoms with E-state index < -0.39 is 53.5 Å². The largest absolute Gasteiger partial charge is 0.480 e. The number of aromatic nitrogens is 4. The number of amides is 6. The van der Waals surface area contributed by atoms with E-state index in [-0.39, 0.29) is 86.1 Å². The summed E-state index contributed by atoms with van der Waals surface area (Å²) in [6.45, 7) is 1.00. The number of nitrogens with zero attached hydrogens (tertiary/aromatic N) is 6. The average Bonchev–Trinajstić information content (AvgIpc) is 3.45. The highest BCUT2D eigenvalue weighted by Gasteiger charge is 2.45. The van der Waals surface area contributed by atoms with Crippen LogP contribution in [0.4, 0.5) is 23.1 Å². The predicted molar refractivity (Wildman–Crippen MR) is 206 cm³/mol. The number of carbonyl (C=O) groups is 7. The van der Waals surface area contributed by atoms with E-state index in [1.165, 1.54) is 6.07 Å². The fraction of sp³-hybridized carbons (Fsp3) is 0.324. The number of nitrogen functional groups attached to an aromatic ring is 2. The van der Waals surface area contributed by atoms with Crippen molar-refractivity contribution in [3.63, 3.8) is 0 Å². The fourth-order valence-corrected chi connectivity index (χ4v) is 6.41. The van der Waals surface area contributed by atoms with Crippen LogP contribution < -0.4 is 37.6 Å². The lowest BCUT2D eigenvalue weighted by Gasteiger charge is -2.27. The van der Waals surface area contributed by atoms with Crippen molar-refractivity contribution < 1.29 is 43.4 Å². The molecule has 1 fully saturated rings. The van der Waals surface area contributed by atoms with Gasteiger partial charge in [-0.05, 0) is 49.2 Å². The number of carbonyl (C=O) groups excluding carboxylic acids is 6. The van der Waals surface area contributed by atoms with Gasteiger partial charge in [-0.1, -0.05) is 6.07 Å². The number of hydrogen-bond donors (Lipinski definition) is 7. The smallest absolute Gasteiger partial charge is 0.326 e. The van der Waals surface area contributed by atoms with Gasteiger partial charge in [0.15, 0.2) is 17.0 Å². The number of aliphatic carboxylic acids is 1. The number of piperidine rings is 1. The van der Waals surface area contributed by atoms with Crippen molar-refractivity contribution in [3.05, 3.63) is 71.0 Å². The molecule has 2 aromatic heterocycles. The second kappa shape index (κ2) is 17.7. The quantitative estimate of drug-likeness (QED) is 0.0539. The minimum atomic E-state index is -1.32. The van der Waals surface area contributed by atoms with Crippen LogP contribution in [0.3, 0.4) is 0 Å². The summed E-state index contributed by atoms with van der Waals surface area (Å²) in [5, 5.41) is 20.0. The number of carboxylic acids is 1. The molecule has 2 aromatic carbocycles. The molecule has 2 atom stereocenters. The first-order valence-corrected chi connectivity index (χ1v) is 18.1. The van der Waals surface area contributed by atoms with Crippen molar-refractivity contribution in [1.29, 1.82) is 0 Å². The van der Waals surface area contributed by atoms with Crippen molar-refractivity contribution in [3.8, 4) is 0 Å². The molecule has 6 rings (SSSR count). The summed E-state index contributed by atoms with van der Waals surface area (Å²) in [5.41, 5.74) is 14.3. The second-order valence-electron chi connectivity index (χ2n) is 13.4. The minimum absolute atomic E-state index is 0.00414. The number of rotatable bonds is 17. The first-order chi connectivity index (χ1) is 27.8. The highest BCUT2D eigenvalue weighted by molar-refractivity contribution is 6.25. The number of carboxylic acid groups (broad SMARTS) is 1. The van der Waals surface area contributed by atoms with Crippen LogP contribution in [-0.4, -0.2) is 117 Å². The summed E-state index contributed by atoms with van der Waals surface area (Å²) in [4.78, 5) is 107. The number of fused-ring (bicyclic) bond motifs is 2. The Morgan fingerprint density at radius 3 is 2.52 bits per heavy atom. The third-order valence-electron chi connectivity index (χ3n) is 9.33. The molecule has 2 aliphatic rings. The van der Waals surface area contributed by atoms with E-state index in [1.807, 2.05) is 11.9 Å². The first kappa shape index (κ1) is 40.4. The summed E-state index contributed by atoms with van der Waals surface area (Å²) in [6, 6.07) is 8.81. The number of anilines is 4. The zero-order valence-corrected chi connectivity index (χ0v) is 31.2. The molecule has 0 bridgehead atoms. The fourth-order valence-electron chi connectivity index (χ4n) is 6.41. The molecule has 21 nitrogen and oxygen atoms in total. The van der Waals surface area contributed by atoms with E-state index in [9.17, 15) is 38.7 Å². The molecule has 4 heterocycles. The van der Waals surface area contributed by atoms with Crippen LogP contribution in [0.25, 0.3) is 11.2 Å². The van der Waals surface area contributed by atoms with E-state index in [2.05, 4.69) is 41.2 Å². The molecule has 2 aliphatic heterocycles. The molecular weight excluding hydrogens is 756 g/mol. The molecule has 0 radical (unpaired) electrons. The molecule has 0 saturated carbocycles. The van der Waals surface area contributed by atoms with Gasteiger partial charge >= 0.3 is 5.97 Å². The van der Waals surface area contributed by atoms with Crippen molar-refractivity contribution in [2.75, 3.05) is 55.0 Å². The molecular formula is C37H40N12O9. The lowest BCUT2D eigenvalue weighted by Crippen LogP contribution is -2.54. The molecule has 0 spiro atoms. The predicted octanol–water partition coefficient (Wildman–Crippen LogP) is -0.170. The van der Waals surface area contributed by atoms with E-state index >= 15 is 0 Å². The lowest BCUT2D eigenvalue weighted by molar-refractivity contribution is -0.140. The van der Waals surface area contributed by atoms with Gasteiger partial charge in [0.1, 0.15) is 12.1 Å². The van der Waals surface area contributed by atoms with Crippen molar-refractivity contribution >= 4 is 75.7 Å². The van der Waals surface area contributed by atoms with Crippen LogP contribution in [0.1, 0.15) is 62.5 Å². The standard InChI is InChI=1S/C37H40N12O9/c1-48(18-20-17-42-31-29(43-20)30(38)46-37(39)47-31)21-7-5-19(6-8-21)32(52)44-24(36(56)57)9-11-26(50)41-14-16-58-15-13-40-23-4-2-3-22-28(23)35(55)49(34(22)54)25-10-12-27(51)45-33(25)53/h2-8,17,24-25,40H,9-16,18H2,1H3,(H,41,50)(H,44,52)(H,56,57)(H,45,51,53)(H4,38,39,42,46,47). The van der Waals surface area contributed by atoms with Crippen LogP contribution in [0.2, 0.25) is 0 Å². The maximum atomic E-state index is 13.2. The van der Waals surface area contributed by atoms with E-state index in [0.717, 1.165) is 10.6 Å². The molecule has 302 valence electrons. The molecule has 9 N–H and O–H groups in total. The van der Waals surface area contributed by atoms with Gasteiger partial charge in [-0.2, -0.15) is 9.97 Å². The molecule has 6 amide bonds. The molecule has 4 aromatic rings. The van der Waals surface area contributed by atoms with Gasteiger partial charge in [-0.3, -0.25) is 39.0 Å². The maximum absolute atomic E-state index is 13.2. The maximum Gasteiger partial charge on any atom is 0.326 e. The van der Waals surface area contributed by atoms with Gasteiger partial charge in [-0.15, -0.1) is 0 Å². The van der Waals surface area contributed by atoms with Crippen LogP contribution in [0.15, 0.2) is 48.7 Å². The zero-order valence-electron chi connectivity index (χ0n) is 31.2. The Labute approximate surface area is 329 Å². The van der Waals surface area contributed by atoms with Crippen LogP contribution in [0, 0.1) is 0 Å². The second-order valence-corrected chi connectivity index (χ2v) is 13.4. The van der Waals surface area contributed by atoms with Crippen LogP contribution in [-0.2, 0) is 30.5 Å². The molecule has 2 unspecified atom stereocenters. The van der Waals surface area contributed by atoms with Gasteiger partial charge in [0.2, 0.25) is 23.7 Å². The average molecular weight is 797 g/mol. The summed E-state index contributed by atoms with van der Waals surface area (Å²) >= 11 is 0. The number of benzene rings is 2. The third kappa shape index (κ3) is 9.21. The van der Waals surface area contributed by atoms with Gasteiger partial charge < -0.3 is 42.2 Å². The highest BCUT2D eigenvalue weighted by Crippen LogP contribution is 2.32. The number of hydrogen-bond acceptors (Lipinski definition) is 16. The summed E-state index contributed by atoms with van der Waals surface area (Å²) < 4.78 is 5.56. The Kier molecular flexibility index (Phi) is 12.3. The molecule has 0 aliphatic carbocycles. The third-order valence-corrected chi connectivity index (χ3v) is 9.33. The van der Waals surface area contributed by atoms with Gasteiger partial charge in [0.25, 0.3) is 17.7 Å². The minimum Gasteiger partial charge on any atom is -0.480 e. The number of nitrogens with one attached hydrogen (secondary N) is 4. The SMILES string of the molecule is CN(Cc1cnc2nc(N)nc(N)c2n1)c1ccc(C(=O)NC(CCC(=O)NCCOCCNc2cccc3c2C(=O)N(C2CCC(=O)NC2=O)C3=O)C(=O)O)cc1. The van der Waals surface area contributed by atoms with Crippen molar-refractivity contribution in [2.45, 2.75) is 44.3 Å². The number of nitrogens with two attached hydrogens (primary N) is 2. The summed E-state index contributed by atoms with van der Waals surface area (Å²) in [7, 11) is 1.81. The van der Waals surface area contributed by atoms with Crippen molar-refractivity contribution in [2.24, 2.45) is 0 Å². The summed E-state index contributed by atoms with van der Waals surface area (Å²) in [6.07, 6.45) is 1.28. The first-order valence-electron chi connectivity index (χ1n) is 18.1. The lowest BCUT2D eigenvalue weighted by atomic mass is 10.0. The Hall–Kier alpha value is -7.29. The Morgan fingerprint density at radius 1 is 1.02 bits per heavy atom. The summed E-state index contributed by atoms with van der Waals surface area (Å²) in [5.74, 6) is -4.65. The van der Waals surface area contributed by atoms with E-state index in [4.69, 9.17) is 16.2 Å². The topological polar surface area (TPSA) is 307 Å². The normalized spacial score (nSPS) is 15.5. The monoisotopic (exact) mass is 796 g/mol.